The number of hydrogen-bond acceptors (Lipinski definition) is 2. The van der Waals surface area contributed by atoms with E-state index in [4.69, 9.17) is 0 Å². The van der Waals surface area contributed by atoms with Gasteiger partial charge in [-0.25, -0.2) is 8.42 Å². The third-order valence-corrected chi connectivity index (χ3v) is 3.50. The van der Waals surface area contributed by atoms with Crippen molar-refractivity contribution in [3.05, 3.63) is 0 Å². The zero-order valence-corrected chi connectivity index (χ0v) is 9.78. The Bertz CT molecular complexity index is 243. The molecular weight excluding hydrogens is 268 g/mol. The van der Waals surface area contributed by atoms with Crippen molar-refractivity contribution >= 4 is 26.0 Å². The number of sulfonamides is 1. The maximum atomic E-state index is 12.1. The van der Waals surface area contributed by atoms with Crippen LogP contribution >= 0.6 is 15.9 Å². The Balaban J connectivity index is 4.74. The summed E-state index contributed by atoms with van der Waals surface area (Å²) in [6.45, 7) is 3.18. The molecule has 0 amide bonds. The molecule has 80 valence electrons. The summed E-state index contributed by atoms with van der Waals surface area (Å²) in [6, 6.07) is -0.448. The van der Waals surface area contributed by atoms with Crippen LogP contribution in [0.5, 0.6) is 0 Å². The number of alkyl halides is 3. The van der Waals surface area contributed by atoms with Gasteiger partial charge in [0.25, 0.3) is 10.0 Å². The fraction of sp³-hybridized carbons (Fsp3) is 1.00. The lowest BCUT2D eigenvalue weighted by Crippen LogP contribution is -2.41. The second kappa shape index (κ2) is 5.21. The van der Waals surface area contributed by atoms with Crippen molar-refractivity contribution in [3.63, 3.8) is 0 Å². The van der Waals surface area contributed by atoms with Crippen LogP contribution in [0.2, 0.25) is 0 Å². The average Bonchev–Trinajstić information content (AvgIpc) is 1.98. The van der Waals surface area contributed by atoms with Gasteiger partial charge in [-0.1, -0.05) is 15.9 Å². The minimum absolute atomic E-state index is 0.0599. The first-order valence-electron chi connectivity index (χ1n) is 3.68. The van der Waals surface area contributed by atoms with E-state index in [1.54, 1.807) is 13.8 Å². The van der Waals surface area contributed by atoms with Gasteiger partial charge < -0.3 is 0 Å². The van der Waals surface area contributed by atoms with Gasteiger partial charge in [0.1, 0.15) is 0 Å². The molecule has 0 rings (SSSR count). The van der Waals surface area contributed by atoms with Crippen LogP contribution in [0, 0.1) is 0 Å². The second-order valence-corrected chi connectivity index (χ2v) is 5.35. The average molecular weight is 280 g/mol. The maximum Gasteiger partial charge on any atom is 0.350 e. The van der Waals surface area contributed by atoms with Crippen molar-refractivity contribution in [1.29, 1.82) is 0 Å². The largest absolute Gasteiger partial charge is 0.350 e. The Morgan fingerprint density at radius 1 is 1.38 bits per heavy atom. The van der Waals surface area contributed by atoms with Crippen LogP contribution in [0.4, 0.5) is 8.78 Å². The van der Waals surface area contributed by atoms with Crippen LogP contribution in [0.3, 0.4) is 0 Å². The summed E-state index contributed by atoms with van der Waals surface area (Å²) in [5.41, 5.74) is 0. The molecule has 0 aromatic carbocycles. The summed E-state index contributed by atoms with van der Waals surface area (Å²) in [4.78, 5) is 0. The third kappa shape index (κ3) is 3.47. The van der Waals surface area contributed by atoms with Crippen LogP contribution in [-0.2, 0) is 10.0 Å². The third-order valence-electron chi connectivity index (χ3n) is 1.43. The smallest absolute Gasteiger partial charge is 0.206 e. The van der Waals surface area contributed by atoms with E-state index >= 15 is 0 Å². The Morgan fingerprint density at radius 3 is 2.08 bits per heavy atom. The highest BCUT2D eigenvalue weighted by Gasteiger charge is 2.33. The molecule has 7 heteroatoms. The van der Waals surface area contributed by atoms with Crippen LogP contribution in [0.15, 0.2) is 0 Å². The first-order valence-corrected chi connectivity index (χ1v) is 6.31. The van der Waals surface area contributed by atoms with Crippen molar-refractivity contribution in [2.24, 2.45) is 0 Å². The summed E-state index contributed by atoms with van der Waals surface area (Å²) in [7, 11) is -4.43. The van der Waals surface area contributed by atoms with Crippen LogP contribution in [0.25, 0.3) is 0 Å². The Hall–Kier alpha value is 0.250. The molecule has 0 heterocycles. The Morgan fingerprint density at radius 2 is 1.85 bits per heavy atom. The molecule has 0 fully saturated rings. The van der Waals surface area contributed by atoms with E-state index in [-0.39, 0.29) is 6.54 Å². The zero-order chi connectivity index (χ0) is 10.6. The van der Waals surface area contributed by atoms with Crippen molar-refractivity contribution in [1.82, 2.24) is 4.31 Å². The van der Waals surface area contributed by atoms with Gasteiger partial charge in [0.05, 0.1) is 0 Å². The lowest BCUT2D eigenvalue weighted by Gasteiger charge is -2.24. The maximum absolute atomic E-state index is 12.1. The van der Waals surface area contributed by atoms with E-state index in [0.29, 0.717) is 5.33 Å². The van der Waals surface area contributed by atoms with E-state index in [1.807, 2.05) is 0 Å². The normalized spacial score (nSPS) is 13.2. The van der Waals surface area contributed by atoms with Gasteiger partial charge in [0.2, 0.25) is 0 Å². The summed E-state index contributed by atoms with van der Waals surface area (Å²) in [6.07, 6.45) is 0. The topological polar surface area (TPSA) is 37.4 Å². The molecule has 0 aromatic heterocycles. The van der Waals surface area contributed by atoms with Gasteiger partial charge in [0.15, 0.2) is 0 Å². The lowest BCUT2D eigenvalue weighted by atomic mass is 10.4. The van der Waals surface area contributed by atoms with Crippen molar-refractivity contribution < 1.29 is 17.2 Å². The van der Waals surface area contributed by atoms with Crippen molar-refractivity contribution in [3.8, 4) is 0 Å². The Kier molecular flexibility index (Phi) is 5.31. The first-order chi connectivity index (χ1) is 5.84. The van der Waals surface area contributed by atoms with Gasteiger partial charge >= 0.3 is 5.76 Å². The van der Waals surface area contributed by atoms with Gasteiger partial charge in [0, 0.05) is 17.9 Å². The molecular formula is C6H12BrF2NO2S. The van der Waals surface area contributed by atoms with E-state index in [1.165, 1.54) is 0 Å². The van der Waals surface area contributed by atoms with Gasteiger partial charge in [-0.05, 0) is 13.8 Å². The predicted molar refractivity (Wildman–Crippen MR) is 50.6 cm³/mol. The fourth-order valence-electron chi connectivity index (χ4n) is 0.865. The molecule has 0 spiro atoms. The predicted octanol–water partition coefficient (Wildman–Crippen LogP) is 1.64. The van der Waals surface area contributed by atoms with Crippen LogP contribution < -0.4 is 0 Å². The van der Waals surface area contributed by atoms with E-state index in [0.717, 1.165) is 4.31 Å². The zero-order valence-electron chi connectivity index (χ0n) is 7.37. The number of hydrogen-bond donors (Lipinski definition) is 0. The van der Waals surface area contributed by atoms with Crippen molar-refractivity contribution in [2.45, 2.75) is 25.6 Å². The highest BCUT2D eigenvalue weighted by Crippen LogP contribution is 2.15. The number of halogens is 3. The summed E-state index contributed by atoms with van der Waals surface area (Å²) in [5.74, 6) is -3.34. The molecule has 0 aliphatic rings. The highest BCUT2D eigenvalue weighted by atomic mass is 79.9. The van der Waals surface area contributed by atoms with Gasteiger partial charge in [-0.15, -0.1) is 0 Å². The molecule has 0 unspecified atom stereocenters. The molecule has 13 heavy (non-hydrogen) atoms. The fourth-order valence-corrected chi connectivity index (χ4v) is 2.62. The standard InChI is InChI=1S/C6H12BrF2NO2S/c1-5(2)10(4-3-7)13(11,12)6(8)9/h5-6H,3-4H2,1-2H3. The molecule has 0 saturated heterocycles. The lowest BCUT2D eigenvalue weighted by molar-refractivity contribution is 0.214. The minimum Gasteiger partial charge on any atom is -0.206 e. The number of rotatable bonds is 5. The summed E-state index contributed by atoms with van der Waals surface area (Å²) in [5, 5.41) is 0.344. The van der Waals surface area contributed by atoms with Gasteiger partial charge in [-0.2, -0.15) is 13.1 Å². The minimum atomic E-state index is -4.43. The van der Waals surface area contributed by atoms with E-state index in [9.17, 15) is 17.2 Å². The SMILES string of the molecule is CC(C)N(CCBr)S(=O)(=O)C(F)F. The molecule has 0 N–H and O–H groups in total. The molecule has 0 atom stereocenters. The molecule has 0 saturated carbocycles. The molecule has 0 radical (unpaired) electrons. The number of nitrogens with zero attached hydrogens (tertiary/aromatic N) is 1. The molecule has 0 aromatic rings. The second-order valence-electron chi connectivity index (χ2n) is 2.70. The molecule has 0 bridgehead atoms. The van der Waals surface area contributed by atoms with Crippen LogP contribution in [-0.4, -0.2) is 36.4 Å². The first kappa shape index (κ1) is 13.2. The summed E-state index contributed by atoms with van der Waals surface area (Å²) < 4.78 is 47.0. The summed E-state index contributed by atoms with van der Waals surface area (Å²) >= 11 is 3.01. The molecule has 0 aliphatic heterocycles. The quantitative estimate of drug-likeness (QED) is 0.718. The Labute approximate surface area is 85.3 Å². The van der Waals surface area contributed by atoms with Crippen LogP contribution in [0.1, 0.15) is 13.8 Å². The van der Waals surface area contributed by atoms with Gasteiger partial charge in [-0.3, -0.25) is 0 Å². The van der Waals surface area contributed by atoms with E-state index < -0.39 is 21.8 Å². The highest BCUT2D eigenvalue weighted by molar-refractivity contribution is 9.09. The monoisotopic (exact) mass is 279 g/mol. The molecule has 0 aliphatic carbocycles. The molecule has 3 nitrogen and oxygen atoms in total. The van der Waals surface area contributed by atoms with E-state index in [2.05, 4.69) is 15.9 Å². The van der Waals surface area contributed by atoms with Crippen molar-refractivity contribution in [2.75, 3.05) is 11.9 Å².